The molecule has 0 atom stereocenters. The van der Waals surface area contributed by atoms with Crippen LogP contribution in [0.2, 0.25) is 0 Å². The van der Waals surface area contributed by atoms with Crippen LogP contribution in [0.5, 0.6) is 5.75 Å². The van der Waals surface area contributed by atoms with E-state index in [0.717, 1.165) is 25.2 Å². The number of nitrogens with one attached hydrogen (secondary N) is 1. The Balaban J connectivity index is 1.46. The van der Waals surface area contributed by atoms with E-state index in [0.29, 0.717) is 25.2 Å². The van der Waals surface area contributed by atoms with Crippen LogP contribution in [-0.4, -0.2) is 55.0 Å². The molecule has 0 radical (unpaired) electrons. The minimum absolute atomic E-state index is 0.172. The average molecular weight is 434 g/mol. The molecule has 3 rings (SSSR count). The number of nitrogens with zero attached hydrogens (tertiary/aromatic N) is 2. The van der Waals surface area contributed by atoms with Crippen molar-refractivity contribution in [1.82, 2.24) is 9.29 Å². The Bertz CT molecular complexity index is 929. The summed E-state index contributed by atoms with van der Waals surface area (Å²) in [6.45, 7) is 1.69. The Kier molecular flexibility index (Phi) is 7.64. The summed E-state index contributed by atoms with van der Waals surface area (Å²) in [7, 11) is -3.66. The fourth-order valence-corrected chi connectivity index (χ4v) is 4.82. The number of aliphatic carboxylic acids is 1. The van der Waals surface area contributed by atoms with Gasteiger partial charge in [0.25, 0.3) is 0 Å². The lowest BCUT2D eigenvalue weighted by atomic mass is 9.99. The largest absolute Gasteiger partial charge is 0.494 e. The van der Waals surface area contributed by atoms with Crippen molar-refractivity contribution in [2.75, 3.05) is 31.6 Å². The molecular formula is C21H27N3O5S. The van der Waals surface area contributed by atoms with Crippen molar-refractivity contribution >= 4 is 21.8 Å². The van der Waals surface area contributed by atoms with Crippen molar-refractivity contribution in [3.05, 3.63) is 48.7 Å². The quantitative estimate of drug-likeness (QED) is 0.555. The van der Waals surface area contributed by atoms with E-state index >= 15 is 0 Å². The first-order valence-corrected chi connectivity index (χ1v) is 11.5. The highest BCUT2D eigenvalue weighted by molar-refractivity contribution is 7.89. The molecule has 1 saturated heterocycles. The molecule has 0 saturated carbocycles. The molecule has 162 valence electrons. The normalized spacial score (nSPS) is 15.6. The molecule has 8 nitrogen and oxygen atoms in total. The molecule has 30 heavy (non-hydrogen) atoms. The zero-order valence-corrected chi connectivity index (χ0v) is 17.6. The monoisotopic (exact) mass is 433 g/mol. The summed E-state index contributed by atoms with van der Waals surface area (Å²) in [5.41, 5.74) is 0. The SMILES string of the molecule is O=C(O)C1CCN(S(=O)(=O)c2cccc(OCCCCNc3ccccn3)c2)CC1. The lowest BCUT2D eigenvalue weighted by Crippen LogP contribution is -2.40. The van der Waals surface area contributed by atoms with Gasteiger partial charge in [-0.3, -0.25) is 4.79 Å². The molecule has 1 aliphatic heterocycles. The van der Waals surface area contributed by atoms with Crippen LogP contribution in [0.4, 0.5) is 5.82 Å². The first kappa shape index (κ1) is 22.0. The van der Waals surface area contributed by atoms with Gasteiger partial charge in [-0.25, -0.2) is 13.4 Å². The average Bonchev–Trinajstić information content (AvgIpc) is 2.77. The second kappa shape index (κ2) is 10.4. The second-order valence-corrected chi connectivity index (χ2v) is 9.13. The predicted molar refractivity (Wildman–Crippen MR) is 113 cm³/mol. The number of rotatable bonds is 10. The van der Waals surface area contributed by atoms with E-state index in [4.69, 9.17) is 9.84 Å². The number of ether oxygens (including phenoxy) is 1. The summed E-state index contributed by atoms with van der Waals surface area (Å²) < 4.78 is 32.8. The number of unbranched alkanes of at least 4 members (excludes halogenated alkanes) is 1. The summed E-state index contributed by atoms with van der Waals surface area (Å²) in [6.07, 6.45) is 4.11. The highest BCUT2D eigenvalue weighted by Gasteiger charge is 2.32. The Morgan fingerprint density at radius 2 is 1.97 bits per heavy atom. The number of carbonyl (C=O) groups is 1. The Labute approximate surface area is 176 Å². The van der Waals surface area contributed by atoms with Crippen molar-refractivity contribution in [1.29, 1.82) is 0 Å². The van der Waals surface area contributed by atoms with E-state index in [2.05, 4.69) is 10.3 Å². The van der Waals surface area contributed by atoms with Crippen molar-refractivity contribution < 1.29 is 23.1 Å². The van der Waals surface area contributed by atoms with Gasteiger partial charge in [0.15, 0.2) is 0 Å². The fourth-order valence-electron chi connectivity index (χ4n) is 3.32. The third-order valence-electron chi connectivity index (χ3n) is 5.06. The maximum absolute atomic E-state index is 12.9. The van der Waals surface area contributed by atoms with Gasteiger partial charge < -0.3 is 15.2 Å². The van der Waals surface area contributed by atoms with Gasteiger partial charge in [0.05, 0.1) is 17.4 Å². The molecule has 1 aromatic carbocycles. The summed E-state index contributed by atoms with van der Waals surface area (Å²) in [5.74, 6) is 0.00820. The van der Waals surface area contributed by atoms with Crippen LogP contribution in [-0.2, 0) is 14.8 Å². The van der Waals surface area contributed by atoms with E-state index in [1.54, 1.807) is 24.4 Å². The Morgan fingerprint density at radius 1 is 1.17 bits per heavy atom. The minimum atomic E-state index is -3.66. The topological polar surface area (TPSA) is 109 Å². The Morgan fingerprint density at radius 3 is 2.67 bits per heavy atom. The maximum atomic E-state index is 12.9. The van der Waals surface area contributed by atoms with Crippen molar-refractivity contribution in [2.24, 2.45) is 5.92 Å². The van der Waals surface area contributed by atoms with Crippen molar-refractivity contribution in [3.63, 3.8) is 0 Å². The predicted octanol–water partition coefficient (Wildman–Crippen LogP) is 2.84. The molecule has 1 aliphatic rings. The molecule has 2 N–H and O–H groups in total. The number of benzene rings is 1. The number of carboxylic acids is 1. The van der Waals surface area contributed by atoms with Gasteiger partial charge in [0.1, 0.15) is 11.6 Å². The van der Waals surface area contributed by atoms with Gasteiger partial charge in [0.2, 0.25) is 10.0 Å². The smallest absolute Gasteiger partial charge is 0.306 e. The standard InChI is InChI=1S/C21H27N3O5S/c25-21(26)17-9-13-24(14-10-17)30(27,28)19-7-5-6-18(16-19)29-15-4-3-12-23-20-8-1-2-11-22-20/h1-2,5-8,11,16-17H,3-4,9-10,12-15H2,(H,22,23)(H,25,26). The molecule has 0 bridgehead atoms. The Hall–Kier alpha value is -2.65. The second-order valence-electron chi connectivity index (χ2n) is 7.19. The minimum Gasteiger partial charge on any atom is -0.494 e. The number of anilines is 1. The fraction of sp³-hybridized carbons (Fsp3) is 0.429. The summed E-state index contributed by atoms with van der Waals surface area (Å²) in [5, 5.41) is 12.3. The molecule has 1 fully saturated rings. The summed E-state index contributed by atoms with van der Waals surface area (Å²) in [4.78, 5) is 15.4. The van der Waals surface area contributed by atoms with Crippen LogP contribution in [0.1, 0.15) is 25.7 Å². The molecule has 9 heteroatoms. The molecular weight excluding hydrogens is 406 g/mol. The van der Waals surface area contributed by atoms with Crippen LogP contribution in [0.3, 0.4) is 0 Å². The molecule has 0 spiro atoms. The van der Waals surface area contributed by atoms with Gasteiger partial charge in [-0.2, -0.15) is 4.31 Å². The van der Waals surface area contributed by atoms with E-state index in [1.807, 2.05) is 18.2 Å². The van der Waals surface area contributed by atoms with Crippen LogP contribution in [0, 0.1) is 5.92 Å². The zero-order valence-electron chi connectivity index (χ0n) is 16.7. The first-order valence-electron chi connectivity index (χ1n) is 10.1. The number of sulfonamides is 1. The number of carboxylic acid groups (broad SMARTS) is 1. The lowest BCUT2D eigenvalue weighted by Gasteiger charge is -2.29. The van der Waals surface area contributed by atoms with Crippen LogP contribution >= 0.6 is 0 Å². The highest BCUT2D eigenvalue weighted by atomic mass is 32.2. The van der Waals surface area contributed by atoms with E-state index < -0.39 is 21.9 Å². The first-order chi connectivity index (χ1) is 14.5. The third kappa shape index (κ3) is 5.93. The van der Waals surface area contributed by atoms with E-state index in [1.165, 1.54) is 10.4 Å². The molecule has 2 heterocycles. The van der Waals surface area contributed by atoms with Crippen LogP contribution in [0.15, 0.2) is 53.6 Å². The molecule has 0 aliphatic carbocycles. The van der Waals surface area contributed by atoms with E-state index in [9.17, 15) is 13.2 Å². The van der Waals surface area contributed by atoms with Gasteiger partial charge >= 0.3 is 5.97 Å². The zero-order chi connectivity index (χ0) is 21.4. The summed E-state index contributed by atoms with van der Waals surface area (Å²) in [6, 6.07) is 12.2. The molecule has 0 amide bonds. The van der Waals surface area contributed by atoms with Crippen LogP contribution < -0.4 is 10.1 Å². The van der Waals surface area contributed by atoms with Crippen molar-refractivity contribution in [3.8, 4) is 5.75 Å². The molecule has 1 aromatic heterocycles. The highest BCUT2D eigenvalue weighted by Crippen LogP contribution is 2.26. The van der Waals surface area contributed by atoms with Gasteiger partial charge in [-0.05, 0) is 49.9 Å². The van der Waals surface area contributed by atoms with Gasteiger partial charge in [-0.1, -0.05) is 12.1 Å². The molecule has 2 aromatic rings. The van der Waals surface area contributed by atoms with Crippen molar-refractivity contribution in [2.45, 2.75) is 30.6 Å². The third-order valence-corrected chi connectivity index (χ3v) is 6.95. The maximum Gasteiger partial charge on any atom is 0.306 e. The molecule has 0 unspecified atom stereocenters. The number of pyridine rings is 1. The number of hydrogen-bond acceptors (Lipinski definition) is 6. The van der Waals surface area contributed by atoms with Gasteiger partial charge in [-0.15, -0.1) is 0 Å². The van der Waals surface area contributed by atoms with Gasteiger partial charge in [0, 0.05) is 31.9 Å². The van der Waals surface area contributed by atoms with E-state index in [-0.39, 0.29) is 18.0 Å². The lowest BCUT2D eigenvalue weighted by molar-refractivity contribution is -0.142. The van der Waals surface area contributed by atoms with Crippen LogP contribution in [0.25, 0.3) is 0 Å². The number of aromatic nitrogens is 1. The summed E-state index contributed by atoms with van der Waals surface area (Å²) >= 11 is 0. The number of piperidine rings is 1. The number of hydrogen-bond donors (Lipinski definition) is 2.